The van der Waals surface area contributed by atoms with Crippen molar-refractivity contribution < 1.29 is 13.2 Å². The van der Waals surface area contributed by atoms with E-state index in [-0.39, 0.29) is 22.8 Å². The van der Waals surface area contributed by atoms with Crippen LogP contribution in [0.1, 0.15) is 34.6 Å². The number of amides is 1. The minimum atomic E-state index is -3.94. The minimum absolute atomic E-state index is 0.115. The Morgan fingerprint density at radius 1 is 0.903 bits per heavy atom. The van der Waals surface area contributed by atoms with Gasteiger partial charge in [0.05, 0.1) is 17.0 Å². The van der Waals surface area contributed by atoms with Crippen LogP contribution in [0.25, 0.3) is 5.57 Å². The first-order valence-corrected chi connectivity index (χ1v) is 11.9. The van der Waals surface area contributed by atoms with Gasteiger partial charge in [0.15, 0.2) is 0 Å². The number of carbonyl (C=O) groups excluding carboxylic acids is 1. The highest BCUT2D eigenvalue weighted by Crippen LogP contribution is 2.70. The molecular weight excluding hydrogens is 406 g/mol. The van der Waals surface area contributed by atoms with Gasteiger partial charge in [0.1, 0.15) is 0 Å². The molecule has 1 saturated carbocycles. The summed E-state index contributed by atoms with van der Waals surface area (Å²) in [7, 11) is -3.94. The maximum atomic E-state index is 13.6. The molecule has 6 rings (SSSR count). The van der Waals surface area contributed by atoms with Gasteiger partial charge in [-0.2, -0.15) is 0 Å². The first kappa shape index (κ1) is 18.6. The molecule has 5 heteroatoms. The summed E-state index contributed by atoms with van der Waals surface area (Å²) in [6.45, 7) is 2.02. The molecule has 1 heterocycles. The number of hydrogen-bond donors (Lipinski definition) is 0. The average Bonchev–Trinajstić information content (AvgIpc) is 3.46. The Hall–Kier alpha value is -3.18. The van der Waals surface area contributed by atoms with Gasteiger partial charge in [-0.1, -0.05) is 72.3 Å². The third-order valence-corrected chi connectivity index (χ3v) is 8.79. The van der Waals surface area contributed by atoms with Crippen molar-refractivity contribution in [1.29, 1.82) is 0 Å². The Morgan fingerprint density at radius 3 is 2.32 bits per heavy atom. The van der Waals surface area contributed by atoms with E-state index >= 15 is 0 Å². The van der Waals surface area contributed by atoms with Gasteiger partial charge in [0, 0.05) is 5.41 Å². The number of aryl methyl sites for hydroxylation is 1. The third kappa shape index (κ3) is 2.41. The first-order chi connectivity index (χ1) is 14.9. The zero-order valence-corrected chi connectivity index (χ0v) is 17.9. The van der Waals surface area contributed by atoms with Crippen molar-refractivity contribution in [1.82, 2.24) is 4.31 Å². The van der Waals surface area contributed by atoms with Crippen molar-refractivity contribution in [2.45, 2.75) is 29.6 Å². The number of benzene rings is 3. The van der Waals surface area contributed by atoms with Crippen molar-refractivity contribution in [3.8, 4) is 0 Å². The second-order valence-corrected chi connectivity index (χ2v) is 10.5. The zero-order valence-electron chi connectivity index (χ0n) is 17.1. The Morgan fingerprint density at radius 2 is 1.58 bits per heavy atom. The van der Waals surface area contributed by atoms with Gasteiger partial charge in [-0.15, -0.1) is 0 Å². The largest absolute Gasteiger partial charge is 0.268 e. The lowest BCUT2D eigenvalue weighted by Gasteiger charge is -2.26. The number of fused-ring (bicyclic) bond motifs is 5. The Kier molecular flexibility index (Phi) is 3.70. The van der Waals surface area contributed by atoms with E-state index in [0.29, 0.717) is 5.57 Å². The molecule has 0 spiro atoms. The van der Waals surface area contributed by atoms with Gasteiger partial charge in [-0.05, 0) is 53.7 Å². The molecule has 1 amide bonds. The summed E-state index contributed by atoms with van der Waals surface area (Å²) in [6.07, 6.45) is 0.901. The molecule has 4 nitrogen and oxygen atoms in total. The fraction of sp³-hybridized carbons (Fsp3) is 0.192. The van der Waals surface area contributed by atoms with Crippen LogP contribution in [0.15, 0.2) is 89.3 Å². The highest BCUT2D eigenvalue weighted by Gasteiger charge is 2.64. The van der Waals surface area contributed by atoms with Crippen molar-refractivity contribution in [3.05, 3.63) is 107 Å². The smallest absolute Gasteiger partial charge is 0.268 e. The van der Waals surface area contributed by atoms with E-state index in [1.54, 1.807) is 24.3 Å². The van der Waals surface area contributed by atoms with Crippen LogP contribution in [-0.2, 0) is 20.2 Å². The predicted octanol–water partition coefficient (Wildman–Crippen LogP) is 4.42. The summed E-state index contributed by atoms with van der Waals surface area (Å²) in [5.41, 5.74) is 5.39. The van der Waals surface area contributed by atoms with Crippen LogP contribution in [0.3, 0.4) is 0 Å². The van der Waals surface area contributed by atoms with Crippen molar-refractivity contribution in [2.75, 3.05) is 6.54 Å². The van der Waals surface area contributed by atoms with Crippen molar-refractivity contribution >= 4 is 21.5 Å². The summed E-state index contributed by atoms with van der Waals surface area (Å²) in [6, 6.07) is 24.8. The van der Waals surface area contributed by atoms with Crippen LogP contribution in [-0.4, -0.2) is 25.2 Å². The molecule has 31 heavy (non-hydrogen) atoms. The van der Waals surface area contributed by atoms with E-state index in [0.717, 1.165) is 38.6 Å². The second kappa shape index (κ2) is 6.17. The maximum absolute atomic E-state index is 13.6. The molecule has 0 bridgehead atoms. The standard InChI is InChI=1S/C26H21NO3S/c1-17-11-13-19(14-12-17)31(29,30)27-16-23-24(25(27)28)21-10-6-5-9-20(21)22-15-26(22,23)18-7-3-2-4-8-18/h2-14,22H,15-16H2,1H3/t22-,26+/m1/s1. The lowest BCUT2D eigenvalue weighted by Crippen LogP contribution is -2.34. The minimum Gasteiger partial charge on any atom is -0.268 e. The van der Waals surface area contributed by atoms with Crippen molar-refractivity contribution in [3.63, 3.8) is 0 Å². The fourth-order valence-electron chi connectivity index (χ4n) is 5.45. The molecule has 2 atom stereocenters. The summed E-state index contributed by atoms with van der Waals surface area (Å²) in [4.78, 5) is 13.8. The second-order valence-electron chi connectivity index (χ2n) is 8.66. The van der Waals surface area contributed by atoms with Gasteiger partial charge in [-0.3, -0.25) is 4.79 Å². The summed E-state index contributed by atoms with van der Waals surface area (Å²) < 4.78 is 28.0. The summed E-state index contributed by atoms with van der Waals surface area (Å²) >= 11 is 0. The molecule has 0 unspecified atom stereocenters. The third-order valence-electron chi connectivity index (χ3n) is 7.05. The normalized spacial score (nSPS) is 24.0. The van der Waals surface area contributed by atoms with E-state index in [9.17, 15) is 13.2 Å². The first-order valence-electron chi connectivity index (χ1n) is 10.5. The van der Waals surface area contributed by atoms with Gasteiger partial charge in [0.2, 0.25) is 0 Å². The molecule has 3 aliphatic rings. The molecule has 0 N–H and O–H groups in total. The van der Waals surface area contributed by atoms with Crippen LogP contribution in [0, 0.1) is 6.92 Å². The lowest BCUT2D eigenvalue weighted by molar-refractivity contribution is -0.119. The quantitative estimate of drug-likeness (QED) is 0.622. The highest BCUT2D eigenvalue weighted by atomic mass is 32.2. The van der Waals surface area contributed by atoms with E-state index in [4.69, 9.17) is 0 Å². The van der Waals surface area contributed by atoms with E-state index in [2.05, 4.69) is 18.2 Å². The highest BCUT2D eigenvalue weighted by molar-refractivity contribution is 7.89. The number of rotatable bonds is 3. The van der Waals surface area contributed by atoms with Gasteiger partial charge < -0.3 is 0 Å². The Bertz CT molecular complexity index is 1370. The molecule has 1 fully saturated rings. The Balaban J connectivity index is 1.52. The van der Waals surface area contributed by atoms with E-state index in [1.807, 2.05) is 43.3 Å². The molecule has 1 aliphatic heterocycles. The molecular formula is C26H21NO3S. The molecule has 0 radical (unpaired) electrons. The molecule has 3 aromatic rings. The van der Waals surface area contributed by atoms with Crippen LogP contribution in [0.4, 0.5) is 0 Å². The maximum Gasteiger partial charge on any atom is 0.268 e. The Labute approximate surface area is 181 Å². The average molecular weight is 428 g/mol. The fourth-order valence-corrected chi connectivity index (χ4v) is 6.79. The predicted molar refractivity (Wildman–Crippen MR) is 119 cm³/mol. The summed E-state index contributed by atoms with van der Waals surface area (Å²) in [5.74, 6) is -0.136. The molecule has 0 saturated heterocycles. The SMILES string of the molecule is Cc1ccc(S(=O)(=O)N2CC3=C(C2=O)c2ccccc2[C@H]2C[C@@]32c2ccccc2)cc1. The number of hydrogen-bond acceptors (Lipinski definition) is 3. The lowest BCUT2D eigenvalue weighted by atomic mass is 9.76. The number of carbonyl (C=O) groups is 1. The van der Waals surface area contributed by atoms with E-state index < -0.39 is 15.9 Å². The number of sulfonamides is 1. The van der Waals surface area contributed by atoms with Gasteiger partial charge in [0.25, 0.3) is 15.9 Å². The van der Waals surface area contributed by atoms with Crippen LogP contribution in [0.2, 0.25) is 0 Å². The molecule has 3 aromatic carbocycles. The molecule has 2 aliphatic carbocycles. The van der Waals surface area contributed by atoms with Crippen molar-refractivity contribution in [2.24, 2.45) is 0 Å². The topological polar surface area (TPSA) is 54.5 Å². The monoisotopic (exact) mass is 427 g/mol. The van der Waals surface area contributed by atoms with Crippen LogP contribution >= 0.6 is 0 Å². The van der Waals surface area contributed by atoms with Gasteiger partial charge >= 0.3 is 0 Å². The number of nitrogens with zero attached hydrogens (tertiary/aromatic N) is 1. The molecule has 154 valence electrons. The van der Waals surface area contributed by atoms with Crippen LogP contribution < -0.4 is 0 Å². The zero-order chi connectivity index (χ0) is 21.4. The summed E-state index contributed by atoms with van der Waals surface area (Å²) in [5, 5.41) is 0. The van der Waals surface area contributed by atoms with E-state index in [1.165, 1.54) is 0 Å². The van der Waals surface area contributed by atoms with Gasteiger partial charge in [-0.25, -0.2) is 12.7 Å². The molecule has 0 aromatic heterocycles. The van der Waals surface area contributed by atoms with Crippen LogP contribution in [0.5, 0.6) is 0 Å².